The van der Waals surface area contributed by atoms with Crippen LogP contribution in [0.25, 0.3) is 0 Å². The first kappa shape index (κ1) is 16.7. The van der Waals surface area contributed by atoms with Gasteiger partial charge in [0.15, 0.2) is 5.22 Å². The summed E-state index contributed by atoms with van der Waals surface area (Å²) < 4.78 is 7.49. The van der Waals surface area contributed by atoms with Crippen LogP contribution in [0.5, 0.6) is 0 Å². The number of halogens is 1. The van der Waals surface area contributed by atoms with E-state index < -0.39 is 0 Å². The van der Waals surface area contributed by atoms with Crippen LogP contribution in [0.2, 0.25) is 5.22 Å². The normalized spacial score (nSPS) is 18.4. The minimum atomic E-state index is 0.180. The third kappa shape index (κ3) is 3.90. The number of nitrogens with one attached hydrogen (secondary N) is 1. The maximum Gasteiger partial charge on any atom is 0.223 e. The van der Waals surface area contributed by atoms with E-state index in [-0.39, 0.29) is 11.8 Å². The van der Waals surface area contributed by atoms with Gasteiger partial charge in [-0.15, -0.1) is 0 Å². The summed E-state index contributed by atoms with van der Waals surface area (Å²) in [5, 5.41) is 8.10. The van der Waals surface area contributed by atoms with E-state index in [1.165, 1.54) is 18.5 Å². The Bertz CT molecular complexity index is 748. The fourth-order valence-electron chi connectivity index (χ4n) is 3.77. The number of hydrogen-bond donors (Lipinski definition) is 1. The molecule has 134 valence electrons. The Kier molecular flexibility index (Phi) is 4.81. The van der Waals surface area contributed by atoms with Gasteiger partial charge in [0.2, 0.25) is 5.91 Å². The van der Waals surface area contributed by atoms with Crippen molar-refractivity contribution in [2.75, 3.05) is 6.54 Å². The highest BCUT2D eigenvalue weighted by atomic mass is 35.5. The number of carbonyl (C=O) groups excluding carboxylic acids is 1. The monoisotopic (exact) mass is 362 g/mol. The first-order chi connectivity index (χ1) is 12.2. The number of fused-ring (bicyclic) bond motifs is 1. The second-order valence-electron chi connectivity index (χ2n) is 6.97. The summed E-state index contributed by atoms with van der Waals surface area (Å²) in [6, 6.07) is 5.78. The van der Waals surface area contributed by atoms with Crippen molar-refractivity contribution in [3.63, 3.8) is 0 Å². The summed E-state index contributed by atoms with van der Waals surface area (Å²) in [7, 11) is 0. The highest BCUT2D eigenvalue weighted by Gasteiger charge is 2.23. The smallest absolute Gasteiger partial charge is 0.223 e. The highest BCUT2D eigenvalue weighted by Crippen LogP contribution is 2.25. The molecule has 0 atom stereocenters. The van der Waals surface area contributed by atoms with E-state index in [4.69, 9.17) is 16.0 Å². The van der Waals surface area contributed by atoms with E-state index in [1.807, 2.05) is 10.7 Å². The molecule has 7 heteroatoms. The maximum atomic E-state index is 12.1. The van der Waals surface area contributed by atoms with Crippen LogP contribution in [-0.2, 0) is 31.0 Å². The summed E-state index contributed by atoms with van der Waals surface area (Å²) in [4.78, 5) is 14.5. The van der Waals surface area contributed by atoms with E-state index in [2.05, 4.69) is 21.4 Å². The molecule has 2 aliphatic rings. The Hall–Kier alpha value is -1.79. The lowest BCUT2D eigenvalue weighted by Crippen LogP contribution is -2.33. The molecule has 4 rings (SSSR count). The van der Waals surface area contributed by atoms with Gasteiger partial charge in [-0.05, 0) is 42.6 Å². The van der Waals surface area contributed by atoms with Crippen LogP contribution in [0.4, 0.5) is 0 Å². The number of nitrogens with zero attached hydrogens (tertiary/aromatic N) is 3. The maximum absolute atomic E-state index is 12.1. The molecule has 2 aromatic heterocycles. The van der Waals surface area contributed by atoms with E-state index in [0.717, 1.165) is 50.5 Å². The van der Waals surface area contributed by atoms with Gasteiger partial charge in [-0.1, -0.05) is 12.8 Å². The van der Waals surface area contributed by atoms with Crippen LogP contribution < -0.4 is 5.32 Å². The number of amides is 1. The van der Waals surface area contributed by atoms with E-state index >= 15 is 0 Å². The fraction of sp³-hybridized carbons (Fsp3) is 0.556. The predicted octanol–water partition coefficient (Wildman–Crippen LogP) is 2.95. The largest absolute Gasteiger partial charge is 0.448 e. The molecule has 0 unspecified atom stereocenters. The van der Waals surface area contributed by atoms with Crippen molar-refractivity contribution in [1.82, 2.24) is 20.0 Å². The van der Waals surface area contributed by atoms with Gasteiger partial charge < -0.3 is 9.73 Å². The zero-order chi connectivity index (χ0) is 17.2. The van der Waals surface area contributed by atoms with Crippen LogP contribution in [-0.4, -0.2) is 27.1 Å². The van der Waals surface area contributed by atoms with Crippen LogP contribution in [0.1, 0.15) is 42.8 Å². The highest BCUT2D eigenvalue weighted by molar-refractivity contribution is 6.28. The first-order valence-corrected chi connectivity index (χ1v) is 9.35. The van der Waals surface area contributed by atoms with E-state index in [0.29, 0.717) is 11.8 Å². The second-order valence-corrected chi connectivity index (χ2v) is 7.34. The van der Waals surface area contributed by atoms with Gasteiger partial charge in [0.05, 0.1) is 31.0 Å². The van der Waals surface area contributed by atoms with Gasteiger partial charge >= 0.3 is 0 Å². The second kappa shape index (κ2) is 7.22. The molecule has 1 aliphatic heterocycles. The fourth-order valence-corrected chi connectivity index (χ4v) is 3.93. The minimum absolute atomic E-state index is 0.180. The molecule has 1 fully saturated rings. The minimum Gasteiger partial charge on any atom is -0.448 e. The van der Waals surface area contributed by atoms with E-state index in [1.54, 1.807) is 6.07 Å². The first-order valence-electron chi connectivity index (χ1n) is 8.97. The number of rotatable bonds is 5. The van der Waals surface area contributed by atoms with Crippen molar-refractivity contribution in [1.29, 1.82) is 0 Å². The SMILES string of the molecule is O=C(NCc1cc2n(n1)CCN(Cc1ccc(Cl)o1)C2)C1CCCC1. The Balaban J connectivity index is 1.33. The van der Waals surface area contributed by atoms with Gasteiger partial charge in [-0.2, -0.15) is 5.10 Å². The summed E-state index contributed by atoms with van der Waals surface area (Å²) in [6.45, 7) is 3.85. The molecular formula is C18H23ClN4O2. The molecule has 1 N–H and O–H groups in total. The molecule has 3 heterocycles. The molecule has 25 heavy (non-hydrogen) atoms. The van der Waals surface area contributed by atoms with Crippen LogP contribution >= 0.6 is 11.6 Å². The lowest BCUT2D eigenvalue weighted by molar-refractivity contribution is -0.124. The lowest BCUT2D eigenvalue weighted by Gasteiger charge is -2.26. The molecule has 0 spiro atoms. The summed E-state index contributed by atoms with van der Waals surface area (Å²) in [5.41, 5.74) is 2.11. The average Bonchev–Trinajstić information content (AvgIpc) is 3.33. The average molecular weight is 363 g/mol. The Morgan fingerprint density at radius 1 is 1.32 bits per heavy atom. The zero-order valence-corrected chi connectivity index (χ0v) is 15.0. The molecule has 0 aromatic carbocycles. The molecule has 0 radical (unpaired) electrons. The summed E-state index contributed by atoms with van der Waals surface area (Å²) in [5.74, 6) is 1.26. The molecule has 0 bridgehead atoms. The molecule has 6 nitrogen and oxygen atoms in total. The predicted molar refractivity (Wildman–Crippen MR) is 93.9 cm³/mol. The third-order valence-corrected chi connectivity index (χ3v) is 5.31. The van der Waals surface area contributed by atoms with Gasteiger partial charge in [0.1, 0.15) is 5.76 Å². The van der Waals surface area contributed by atoms with Crippen molar-refractivity contribution in [2.45, 2.75) is 51.9 Å². The standard InChI is InChI=1S/C18H23ClN4O2/c19-17-6-5-16(25-17)12-22-7-8-23-15(11-22)9-14(21-23)10-20-18(24)13-3-1-2-4-13/h5-6,9,13H,1-4,7-8,10-12H2,(H,20,24). The van der Waals surface area contributed by atoms with Crippen molar-refractivity contribution < 1.29 is 9.21 Å². The Labute approximate surface area is 152 Å². The Morgan fingerprint density at radius 3 is 2.92 bits per heavy atom. The molecule has 1 aliphatic carbocycles. The quantitative estimate of drug-likeness (QED) is 0.888. The molecule has 0 saturated heterocycles. The molecule has 2 aromatic rings. The summed E-state index contributed by atoms with van der Waals surface area (Å²) >= 11 is 5.84. The number of hydrogen-bond acceptors (Lipinski definition) is 4. The van der Waals surface area contributed by atoms with Crippen LogP contribution in [0.3, 0.4) is 0 Å². The van der Waals surface area contributed by atoms with Gasteiger partial charge in [0, 0.05) is 19.0 Å². The van der Waals surface area contributed by atoms with E-state index in [9.17, 15) is 4.79 Å². The molecular weight excluding hydrogens is 340 g/mol. The zero-order valence-electron chi connectivity index (χ0n) is 14.2. The third-order valence-electron chi connectivity index (χ3n) is 5.11. The summed E-state index contributed by atoms with van der Waals surface area (Å²) in [6.07, 6.45) is 4.40. The molecule has 1 amide bonds. The lowest BCUT2D eigenvalue weighted by atomic mass is 10.1. The van der Waals surface area contributed by atoms with Crippen molar-refractivity contribution >= 4 is 17.5 Å². The van der Waals surface area contributed by atoms with Crippen molar-refractivity contribution in [3.8, 4) is 0 Å². The number of furan rings is 1. The topological polar surface area (TPSA) is 63.3 Å². The van der Waals surface area contributed by atoms with Gasteiger partial charge in [-0.3, -0.25) is 14.4 Å². The van der Waals surface area contributed by atoms with Crippen molar-refractivity contribution in [2.24, 2.45) is 5.92 Å². The Morgan fingerprint density at radius 2 is 2.16 bits per heavy atom. The van der Waals surface area contributed by atoms with Gasteiger partial charge in [0.25, 0.3) is 0 Å². The van der Waals surface area contributed by atoms with Gasteiger partial charge in [-0.25, -0.2) is 0 Å². The molecule has 1 saturated carbocycles. The van der Waals surface area contributed by atoms with Crippen molar-refractivity contribution in [3.05, 3.63) is 40.6 Å². The van der Waals surface area contributed by atoms with Crippen LogP contribution in [0.15, 0.2) is 22.6 Å². The number of aromatic nitrogens is 2. The number of carbonyl (C=O) groups is 1. The van der Waals surface area contributed by atoms with Crippen LogP contribution in [0, 0.1) is 5.92 Å².